The minimum atomic E-state index is -0.536. The molecule has 1 aliphatic rings. The molecule has 1 amide bonds. The lowest BCUT2D eigenvalue weighted by molar-refractivity contribution is -0.130. The number of carbonyl (C=O) groups is 1. The predicted octanol–water partition coefficient (Wildman–Crippen LogP) is 2.77. The van der Waals surface area contributed by atoms with E-state index in [0.29, 0.717) is 38.4 Å². The molecule has 0 radical (unpaired) electrons. The van der Waals surface area contributed by atoms with Crippen LogP contribution < -0.4 is 11.1 Å². The van der Waals surface area contributed by atoms with E-state index in [1.54, 1.807) is 0 Å². The third-order valence-corrected chi connectivity index (χ3v) is 4.16. The molecule has 7 heteroatoms. The number of halogens is 2. The van der Waals surface area contributed by atoms with E-state index >= 15 is 0 Å². The van der Waals surface area contributed by atoms with Gasteiger partial charge in [-0.2, -0.15) is 0 Å². The lowest BCUT2D eigenvalue weighted by Crippen LogP contribution is -2.46. The lowest BCUT2D eigenvalue weighted by atomic mass is 9.79. The van der Waals surface area contributed by atoms with Crippen molar-refractivity contribution in [3.63, 3.8) is 0 Å². The summed E-state index contributed by atoms with van der Waals surface area (Å²) in [6.07, 6.45) is 1.31. The summed E-state index contributed by atoms with van der Waals surface area (Å²) in [6.45, 7) is 1.49. The number of hydrogen-bond acceptors (Lipinski definition) is 4. The minimum absolute atomic E-state index is 0. The molecule has 126 valence electrons. The van der Waals surface area contributed by atoms with Gasteiger partial charge in [0, 0.05) is 25.1 Å². The Morgan fingerprint density at radius 3 is 2.57 bits per heavy atom. The molecule has 1 aliphatic heterocycles. The Morgan fingerprint density at radius 1 is 1.17 bits per heavy atom. The number of pyridine rings is 1. The van der Waals surface area contributed by atoms with E-state index in [9.17, 15) is 4.79 Å². The predicted molar refractivity (Wildman–Crippen MR) is 96.4 cm³/mol. The van der Waals surface area contributed by atoms with Crippen LogP contribution in [0.3, 0.4) is 0 Å². The molecular formula is C16H21Cl2N3O2. The van der Waals surface area contributed by atoms with E-state index in [1.165, 1.54) is 0 Å². The first-order valence-corrected chi connectivity index (χ1v) is 7.19. The number of nitrogens with zero attached hydrogens (tertiary/aromatic N) is 1. The van der Waals surface area contributed by atoms with Crippen LogP contribution >= 0.6 is 24.8 Å². The third-order valence-electron chi connectivity index (χ3n) is 4.16. The summed E-state index contributed by atoms with van der Waals surface area (Å²) in [7, 11) is 0. The van der Waals surface area contributed by atoms with Crippen LogP contribution in [0.25, 0.3) is 10.9 Å². The zero-order chi connectivity index (χ0) is 14.7. The number of anilines is 1. The van der Waals surface area contributed by atoms with E-state index in [1.807, 2.05) is 36.4 Å². The van der Waals surface area contributed by atoms with Crippen LogP contribution in [0, 0.1) is 5.41 Å². The Labute approximate surface area is 147 Å². The molecule has 5 nitrogen and oxygen atoms in total. The number of ether oxygens (including phenoxy) is 1. The molecule has 0 saturated carbocycles. The highest BCUT2D eigenvalue weighted by Gasteiger charge is 2.38. The number of amides is 1. The van der Waals surface area contributed by atoms with Crippen molar-refractivity contribution < 1.29 is 9.53 Å². The van der Waals surface area contributed by atoms with E-state index in [-0.39, 0.29) is 30.7 Å². The average molecular weight is 358 g/mol. The van der Waals surface area contributed by atoms with Crippen molar-refractivity contribution in [3.05, 3.63) is 36.4 Å². The molecular weight excluding hydrogens is 337 g/mol. The number of hydrogen-bond donors (Lipinski definition) is 2. The van der Waals surface area contributed by atoms with Crippen LogP contribution in [0.1, 0.15) is 12.8 Å². The second kappa shape index (κ2) is 8.45. The van der Waals surface area contributed by atoms with Gasteiger partial charge in [0.25, 0.3) is 0 Å². The summed E-state index contributed by atoms with van der Waals surface area (Å²) in [5.74, 6) is 0.508. The summed E-state index contributed by atoms with van der Waals surface area (Å²) >= 11 is 0. The molecule has 0 atom stereocenters. The van der Waals surface area contributed by atoms with Gasteiger partial charge in [-0.05, 0) is 31.0 Å². The highest BCUT2D eigenvalue weighted by atomic mass is 35.5. The van der Waals surface area contributed by atoms with Crippen molar-refractivity contribution in [2.45, 2.75) is 12.8 Å². The van der Waals surface area contributed by atoms with Gasteiger partial charge >= 0.3 is 0 Å². The minimum Gasteiger partial charge on any atom is -0.381 e. The Bertz CT molecular complexity index is 661. The zero-order valence-electron chi connectivity index (χ0n) is 12.7. The fraction of sp³-hybridized carbons (Fsp3) is 0.375. The first-order valence-electron chi connectivity index (χ1n) is 7.19. The highest BCUT2D eigenvalue weighted by Crippen LogP contribution is 2.30. The van der Waals surface area contributed by atoms with Crippen LogP contribution in [0.15, 0.2) is 36.4 Å². The monoisotopic (exact) mass is 357 g/mol. The SMILES string of the molecule is Cl.Cl.NCC1(C(=O)Nc2ccc3ccccc3n2)CCOCC1. The quantitative estimate of drug-likeness (QED) is 0.885. The summed E-state index contributed by atoms with van der Waals surface area (Å²) in [6, 6.07) is 11.6. The van der Waals surface area contributed by atoms with Gasteiger partial charge in [0.05, 0.1) is 10.9 Å². The number of carbonyl (C=O) groups excluding carboxylic acids is 1. The van der Waals surface area contributed by atoms with Gasteiger partial charge in [0.15, 0.2) is 0 Å². The molecule has 0 bridgehead atoms. The number of rotatable bonds is 3. The Hall–Kier alpha value is -1.40. The zero-order valence-corrected chi connectivity index (χ0v) is 14.3. The number of benzene rings is 1. The molecule has 0 aliphatic carbocycles. The topological polar surface area (TPSA) is 77.2 Å². The van der Waals surface area contributed by atoms with Gasteiger partial charge < -0.3 is 15.8 Å². The van der Waals surface area contributed by atoms with E-state index in [2.05, 4.69) is 10.3 Å². The second-order valence-corrected chi connectivity index (χ2v) is 5.44. The van der Waals surface area contributed by atoms with Crippen molar-refractivity contribution in [2.24, 2.45) is 11.1 Å². The summed E-state index contributed by atoms with van der Waals surface area (Å²) in [4.78, 5) is 17.0. The second-order valence-electron chi connectivity index (χ2n) is 5.44. The number of fused-ring (bicyclic) bond motifs is 1. The third kappa shape index (κ3) is 4.12. The van der Waals surface area contributed by atoms with Gasteiger partial charge in [-0.15, -0.1) is 24.8 Å². The first-order chi connectivity index (χ1) is 10.2. The van der Waals surface area contributed by atoms with Crippen molar-refractivity contribution in [1.82, 2.24) is 4.98 Å². The van der Waals surface area contributed by atoms with Crippen LogP contribution in [0.5, 0.6) is 0 Å². The van der Waals surface area contributed by atoms with Crippen molar-refractivity contribution in [2.75, 3.05) is 25.1 Å². The molecule has 2 aromatic rings. The van der Waals surface area contributed by atoms with Crippen LogP contribution in [0.2, 0.25) is 0 Å². The molecule has 23 heavy (non-hydrogen) atoms. The largest absolute Gasteiger partial charge is 0.381 e. The molecule has 1 aromatic carbocycles. The standard InChI is InChI=1S/C16H19N3O2.2ClH/c17-11-16(7-9-21-10-8-16)15(20)19-14-6-5-12-3-1-2-4-13(12)18-14;;/h1-6H,7-11,17H2,(H,18,19,20);2*1H. The summed E-state index contributed by atoms with van der Waals surface area (Å²) in [5, 5.41) is 3.96. The molecule has 0 unspecified atom stereocenters. The molecule has 1 fully saturated rings. The van der Waals surface area contributed by atoms with Gasteiger partial charge in [0.1, 0.15) is 5.82 Å². The Balaban J connectivity index is 0.00000132. The van der Waals surface area contributed by atoms with Crippen molar-refractivity contribution in [1.29, 1.82) is 0 Å². The normalized spacial score (nSPS) is 16.0. The summed E-state index contributed by atoms with van der Waals surface area (Å²) < 4.78 is 5.33. The van der Waals surface area contributed by atoms with Crippen LogP contribution in [-0.2, 0) is 9.53 Å². The number of nitrogens with one attached hydrogen (secondary N) is 1. The number of aromatic nitrogens is 1. The maximum absolute atomic E-state index is 12.6. The van der Waals surface area contributed by atoms with E-state index in [4.69, 9.17) is 10.5 Å². The Morgan fingerprint density at radius 2 is 1.87 bits per heavy atom. The summed E-state index contributed by atoms with van der Waals surface area (Å²) in [5.41, 5.74) is 6.18. The van der Waals surface area contributed by atoms with Crippen LogP contribution in [-0.4, -0.2) is 30.6 Å². The molecule has 1 aromatic heterocycles. The van der Waals surface area contributed by atoms with Gasteiger partial charge in [0.2, 0.25) is 5.91 Å². The smallest absolute Gasteiger partial charge is 0.233 e. The maximum Gasteiger partial charge on any atom is 0.233 e. The fourth-order valence-electron chi connectivity index (χ4n) is 2.67. The number of nitrogens with two attached hydrogens (primary N) is 1. The highest BCUT2D eigenvalue weighted by molar-refractivity contribution is 5.95. The number of para-hydroxylation sites is 1. The van der Waals surface area contributed by atoms with Crippen LogP contribution in [0.4, 0.5) is 5.82 Å². The van der Waals surface area contributed by atoms with Gasteiger partial charge in [-0.3, -0.25) is 4.79 Å². The van der Waals surface area contributed by atoms with Gasteiger partial charge in [-0.25, -0.2) is 4.98 Å². The lowest BCUT2D eigenvalue weighted by Gasteiger charge is -2.34. The first kappa shape index (κ1) is 19.6. The average Bonchev–Trinajstić information content (AvgIpc) is 2.55. The molecule has 3 rings (SSSR count). The molecule has 2 heterocycles. The van der Waals surface area contributed by atoms with E-state index in [0.717, 1.165) is 10.9 Å². The maximum atomic E-state index is 12.6. The van der Waals surface area contributed by atoms with E-state index < -0.39 is 5.41 Å². The molecule has 1 saturated heterocycles. The fourth-order valence-corrected chi connectivity index (χ4v) is 2.67. The van der Waals surface area contributed by atoms with Crippen molar-refractivity contribution in [3.8, 4) is 0 Å². The Kier molecular flexibility index (Phi) is 7.22. The van der Waals surface area contributed by atoms with Crippen molar-refractivity contribution >= 4 is 47.4 Å². The molecule has 3 N–H and O–H groups in total. The molecule has 0 spiro atoms. The van der Waals surface area contributed by atoms with Gasteiger partial charge in [-0.1, -0.05) is 18.2 Å².